The number of hydrogen-bond donors (Lipinski definition) is 1. The molecule has 0 spiro atoms. The van der Waals surface area contributed by atoms with Crippen molar-refractivity contribution in [1.29, 1.82) is 0 Å². The molecule has 0 aliphatic carbocycles. The van der Waals surface area contributed by atoms with Crippen LogP contribution in [0.4, 0.5) is 0 Å². The fraction of sp³-hybridized carbons (Fsp3) is 0.750. The van der Waals surface area contributed by atoms with Crippen molar-refractivity contribution in [2.75, 3.05) is 13.7 Å². The van der Waals surface area contributed by atoms with Crippen LogP contribution in [0.1, 0.15) is 20.8 Å². The van der Waals surface area contributed by atoms with Crippen molar-refractivity contribution < 1.29 is 9.84 Å². The molecule has 0 aliphatic heterocycles. The first kappa shape index (κ1) is 9.66. The van der Waals surface area contributed by atoms with Gasteiger partial charge in [0.05, 0.1) is 12.2 Å². The third kappa shape index (κ3) is 2.50. The third-order valence-corrected chi connectivity index (χ3v) is 1.86. The quantitative estimate of drug-likeness (QED) is 0.606. The zero-order valence-electron chi connectivity index (χ0n) is 7.14. The van der Waals surface area contributed by atoms with Gasteiger partial charge in [0, 0.05) is 7.11 Å². The lowest BCUT2D eigenvalue weighted by molar-refractivity contribution is 0.0544. The monoisotopic (exact) mass is 144 g/mol. The van der Waals surface area contributed by atoms with Crippen molar-refractivity contribution in [2.45, 2.75) is 26.4 Å². The third-order valence-electron chi connectivity index (χ3n) is 1.86. The molecular formula is C8H16O2. The summed E-state index contributed by atoms with van der Waals surface area (Å²) in [7, 11) is 1.66. The van der Waals surface area contributed by atoms with Gasteiger partial charge in [-0.15, -0.1) is 0 Å². The Hall–Kier alpha value is -0.340. The lowest BCUT2D eigenvalue weighted by atomic mass is 9.99. The van der Waals surface area contributed by atoms with Crippen molar-refractivity contribution in [2.24, 2.45) is 0 Å². The first-order chi connectivity index (χ1) is 4.54. The molecule has 1 N–H and O–H groups in total. The molecule has 0 amide bonds. The SMILES string of the molecule is COC(C)(C)C(C)=CCO. The molecule has 0 aromatic rings. The van der Waals surface area contributed by atoms with Gasteiger partial charge in [-0.05, 0) is 26.3 Å². The molecule has 0 unspecified atom stereocenters. The van der Waals surface area contributed by atoms with Gasteiger partial charge in [-0.25, -0.2) is 0 Å². The molecule has 0 saturated carbocycles. The second-order valence-corrected chi connectivity index (χ2v) is 2.78. The predicted octanol–water partition coefficient (Wildman–Crippen LogP) is 1.35. The number of hydrogen-bond acceptors (Lipinski definition) is 2. The normalized spacial score (nSPS) is 13.9. The molecule has 0 rings (SSSR count). The lowest BCUT2D eigenvalue weighted by Crippen LogP contribution is -2.23. The second kappa shape index (κ2) is 3.74. The van der Waals surface area contributed by atoms with Gasteiger partial charge in [-0.1, -0.05) is 6.08 Å². The molecular weight excluding hydrogens is 128 g/mol. The average Bonchev–Trinajstić information content (AvgIpc) is 1.89. The van der Waals surface area contributed by atoms with E-state index in [0.29, 0.717) is 0 Å². The van der Waals surface area contributed by atoms with Crippen LogP contribution in [0.3, 0.4) is 0 Å². The van der Waals surface area contributed by atoms with E-state index >= 15 is 0 Å². The van der Waals surface area contributed by atoms with Crippen LogP contribution in [0.2, 0.25) is 0 Å². The van der Waals surface area contributed by atoms with Crippen molar-refractivity contribution >= 4 is 0 Å². The summed E-state index contributed by atoms with van der Waals surface area (Å²) in [5.74, 6) is 0. The minimum Gasteiger partial charge on any atom is -0.392 e. The molecule has 0 radical (unpaired) electrons. The van der Waals surface area contributed by atoms with E-state index < -0.39 is 0 Å². The molecule has 0 heterocycles. The minimum atomic E-state index is -0.247. The van der Waals surface area contributed by atoms with E-state index in [9.17, 15) is 0 Å². The van der Waals surface area contributed by atoms with Gasteiger partial charge in [-0.3, -0.25) is 0 Å². The fourth-order valence-corrected chi connectivity index (χ4v) is 0.544. The van der Waals surface area contributed by atoms with Gasteiger partial charge in [0.1, 0.15) is 0 Å². The molecule has 0 aromatic heterocycles. The summed E-state index contributed by atoms with van der Waals surface area (Å²) in [4.78, 5) is 0. The summed E-state index contributed by atoms with van der Waals surface area (Å²) in [6.07, 6.45) is 1.75. The Morgan fingerprint density at radius 3 is 2.40 bits per heavy atom. The number of rotatable bonds is 3. The minimum absolute atomic E-state index is 0.0820. The van der Waals surface area contributed by atoms with E-state index in [0.717, 1.165) is 5.57 Å². The molecule has 60 valence electrons. The van der Waals surface area contributed by atoms with Gasteiger partial charge in [0.25, 0.3) is 0 Å². The Labute approximate surface area is 62.5 Å². The summed E-state index contributed by atoms with van der Waals surface area (Å²) in [5.41, 5.74) is 0.806. The van der Waals surface area contributed by atoms with Crippen LogP contribution in [0.5, 0.6) is 0 Å². The largest absolute Gasteiger partial charge is 0.392 e. The highest BCUT2D eigenvalue weighted by molar-refractivity contribution is 5.11. The van der Waals surface area contributed by atoms with Crippen LogP contribution >= 0.6 is 0 Å². The van der Waals surface area contributed by atoms with Crippen LogP contribution < -0.4 is 0 Å². The molecule has 0 bridgehead atoms. The molecule has 0 aliphatic rings. The Bertz CT molecular complexity index is 125. The number of aliphatic hydroxyl groups excluding tert-OH is 1. The Morgan fingerprint density at radius 1 is 1.60 bits per heavy atom. The standard InChI is InChI=1S/C8H16O2/c1-7(5-6-9)8(2,3)10-4/h5,9H,6H2,1-4H3. The first-order valence-electron chi connectivity index (χ1n) is 3.38. The van der Waals surface area contributed by atoms with E-state index in [4.69, 9.17) is 9.84 Å². The lowest BCUT2D eigenvalue weighted by Gasteiger charge is -2.23. The molecule has 0 fully saturated rings. The molecule has 2 nitrogen and oxygen atoms in total. The van der Waals surface area contributed by atoms with Gasteiger partial charge in [0.2, 0.25) is 0 Å². The predicted molar refractivity (Wildman–Crippen MR) is 41.9 cm³/mol. The molecule has 2 heteroatoms. The summed E-state index contributed by atoms with van der Waals surface area (Å²) >= 11 is 0. The van der Waals surface area contributed by atoms with Crippen LogP contribution in [0.15, 0.2) is 11.6 Å². The Kier molecular flexibility index (Phi) is 3.61. The second-order valence-electron chi connectivity index (χ2n) is 2.78. The van der Waals surface area contributed by atoms with Gasteiger partial charge >= 0.3 is 0 Å². The highest BCUT2D eigenvalue weighted by Crippen LogP contribution is 2.18. The molecule has 0 atom stereocenters. The van der Waals surface area contributed by atoms with Crippen LogP contribution in [-0.2, 0) is 4.74 Å². The number of aliphatic hydroxyl groups is 1. The van der Waals surface area contributed by atoms with Crippen molar-refractivity contribution in [3.8, 4) is 0 Å². The van der Waals surface area contributed by atoms with E-state index in [1.54, 1.807) is 13.2 Å². The summed E-state index contributed by atoms with van der Waals surface area (Å²) in [6, 6.07) is 0. The zero-order chi connectivity index (χ0) is 8.20. The highest BCUT2D eigenvalue weighted by atomic mass is 16.5. The van der Waals surface area contributed by atoms with Gasteiger partial charge in [0.15, 0.2) is 0 Å². The van der Waals surface area contributed by atoms with Gasteiger partial charge in [-0.2, -0.15) is 0 Å². The molecule has 10 heavy (non-hydrogen) atoms. The van der Waals surface area contributed by atoms with Gasteiger partial charge < -0.3 is 9.84 Å². The summed E-state index contributed by atoms with van der Waals surface area (Å²) < 4.78 is 5.17. The summed E-state index contributed by atoms with van der Waals surface area (Å²) in [6.45, 7) is 5.96. The van der Waals surface area contributed by atoms with E-state index in [-0.39, 0.29) is 12.2 Å². The van der Waals surface area contributed by atoms with Crippen molar-refractivity contribution in [3.05, 3.63) is 11.6 Å². The fourth-order valence-electron chi connectivity index (χ4n) is 0.544. The van der Waals surface area contributed by atoms with E-state index in [1.807, 2.05) is 20.8 Å². The maximum absolute atomic E-state index is 8.56. The van der Waals surface area contributed by atoms with Crippen molar-refractivity contribution in [1.82, 2.24) is 0 Å². The van der Waals surface area contributed by atoms with E-state index in [2.05, 4.69) is 0 Å². The smallest absolute Gasteiger partial charge is 0.0829 e. The van der Waals surface area contributed by atoms with Crippen LogP contribution in [0.25, 0.3) is 0 Å². The van der Waals surface area contributed by atoms with Crippen LogP contribution in [-0.4, -0.2) is 24.4 Å². The van der Waals surface area contributed by atoms with Crippen molar-refractivity contribution in [3.63, 3.8) is 0 Å². The number of ether oxygens (including phenoxy) is 1. The molecule has 0 saturated heterocycles. The number of methoxy groups -OCH3 is 1. The maximum Gasteiger partial charge on any atom is 0.0829 e. The highest BCUT2D eigenvalue weighted by Gasteiger charge is 2.17. The average molecular weight is 144 g/mol. The first-order valence-corrected chi connectivity index (χ1v) is 3.38. The summed E-state index contributed by atoms with van der Waals surface area (Å²) in [5, 5.41) is 8.56. The maximum atomic E-state index is 8.56. The van der Waals surface area contributed by atoms with E-state index in [1.165, 1.54) is 0 Å². The Balaban J connectivity index is 4.17. The Morgan fingerprint density at radius 2 is 2.10 bits per heavy atom. The van der Waals surface area contributed by atoms with Crippen LogP contribution in [0, 0.1) is 0 Å². The topological polar surface area (TPSA) is 29.5 Å². The zero-order valence-corrected chi connectivity index (χ0v) is 7.14. The molecule has 0 aromatic carbocycles.